The molecule has 0 heterocycles. The number of amides is 3. The molecule has 0 aliphatic rings. The standard InChI is InChI=1S/C20H22ClN3O3/c1-12-7-6-8-13(2)18(12)24-17(25)11-22-19(26)14(3)23-20(27)15-9-4-5-10-16(15)21/h4-10,14H,11H2,1-3H3,(H,22,26)(H,23,27)(H,24,25)/t14-/m0/s1. The summed E-state index contributed by atoms with van der Waals surface area (Å²) in [6.45, 7) is 5.13. The van der Waals surface area contributed by atoms with Gasteiger partial charge in [-0.3, -0.25) is 14.4 Å². The van der Waals surface area contributed by atoms with Crippen LogP contribution in [0.4, 0.5) is 5.69 Å². The molecule has 3 amide bonds. The third kappa shape index (κ3) is 5.56. The molecule has 0 aliphatic carbocycles. The first-order valence-electron chi connectivity index (χ1n) is 8.48. The van der Waals surface area contributed by atoms with Crippen molar-refractivity contribution in [3.05, 3.63) is 64.2 Å². The van der Waals surface area contributed by atoms with Crippen LogP contribution in [0.25, 0.3) is 0 Å². The number of carbonyl (C=O) groups excluding carboxylic acids is 3. The number of hydrogen-bond acceptors (Lipinski definition) is 3. The van der Waals surface area contributed by atoms with Crippen LogP contribution >= 0.6 is 11.6 Å². The highest BCUT2D eigenvalue weighted by atomic mass is 35.5. The van der Waals surface area contributed by atoms with Gasteiger partial charge in [0.25, 0.3) is 5.91 Å². The van der Waals surface area contributed by atoms with Gasteiger partial charge in [0.2, 0.25) is 11.8 Å². The Labute approximate surface area is 163 Å². The Bertz CT molecular complexity index is 847. The topological polar surface area (TPSA) is 87.3 Å². The van der Waals surface area contributed by atoms with Gasteiger partial charge >= 0.3 is 0 Å². The Balaban J connectivity index is 1.86. The lowest BCUT2D eigenvalue weighted by molar-refractivity contribution is -0.125. The van der Waals surface area contributed by atoms with Crippen LogP contribution in [0.1, 0.15) is 28.4 Å². The average molecular weight is 388 g/mol. The molecule has 0 spiro atoms. The summed E-state index contributed by atoms with van der Waals surface area (Å²) in [4.78, 5) is 36.4. The largest absolute Gasteiger partial charge is 0.345 e. The molecule has 0 aromatic heterocycles. The fraction of sp³-hybridized carbons (Fsp3) is 0.250. The first-order chi connectivity index (χ1) is 12.8. The van der Waals surface area contributed by atoms with E-state index in [2.05, 4.69) is 16.0 Å². The van der Waals surface area contributed by atoms with Gasteiger partial charge in [0.05, 0.1) is 17.1 Å². The van der Waals surface area contributed by atoms with Gasteiger partial charge in [-0.25, -0.2) is 0 Å². The zero-order valence-electron chi connectivity index (χ0n) is 15.4. The van der Waals surface area contributed by atoms with Crippen LogP contribution in [-0.4, -0.2) is 30.3 Å². The van der Waals surface area contributed by atoms with E-state index in [-0.39, 0.29) is 18.0 Å². The van der Waals surface area contributed by atoms with E-state index in [4.69, 9.17) is 11.6 Å². The van der Waals surface area contributed by atoms with Crippen molar-refractivity contribution in [2.45, 2.75) is 26.8 Å². The molecule has 7 heteroatoms. The number of hydrogen-bond donors (Lipinski definition) is 3. The van der Waals surface area contributed by atoms with Crippen LogP contribution in [0.5, 0.6) is 0 Å². The lowest BCUT2D eigenvalue weighted by Gasteiger charge is -2.15. The van der Waals surface area contributed by atoms with E-state index >= 15 is 0 Å². The minimum Gasteiger partial charge on any atom is -0.345 e. The van der Waals surface area contributed by atoms with Crippen molar-refractivity contribution < 1.29 is 14.4 Å². The van der Waals surface area contributed by atoms with Crippen molar-refractivity contribution in [1.82, 2.24) is 10.6 Å². The number of nitrogens with one attached hydrogen (secondary N) is 3. The number of halogens is 1. The van der Waals surface area contributed by atoms with Crippen LogP contribution in [0.2, 0.25) is 5.02 Å². The number of benzene rings is 2. The highest BCUT2D eigenvalue weighted by Gasteiger charge is 2.18. The van der Waals surface area contributed by atoms with Crippen molar-refractivity contribution in [3.8, 4) is 0 Å². The molecule has 142 valence electrons. The average Bonchev–Trinajstić information content (AvgIpc) is 2.63. The van der Waals surface area contributed by atoms with E-state index < -0.39 is 17.9 Å². The molecule has 2 aromatic carbocycles. The molecule has 0 fully saturated rings. The normalized spacial score (nSPS) is 11.4. The maximum atomic E-state index is 12.2. The highest BCUT2D eigenvalue weighted by molar-refractivity contribution is 6.33. The number of aryl methyl sites for hydroxylation is 2. The second-order valence-corrected chi connectivity index (χ2v) is 6.61. The lowest BCUT2D eigenvalue weighted by Crippen LogP contribution is -2.46. The van der Waals surface area contributed by atoms with E-state index in [1.165, 1.54) is 6.92 Å². The van der Waals surface area contributed by atoms with E-state index in [9.17, 15) is 14.4 Å². The quantitative estimate of drug-likeness (QED) is 0.712. The Morgan fingerprint density at radius 3 is 2.26 bits per heavy atom. The number of anilines is 1. The first kappa shape index (κ1) is 20.5. The molecule has 3 N–H and O–H groups in total. The van der Waals surface area contributed by atoms with Crippen molar-refractivity contribution in [3.63, 3.8) is 0 Å². The van der Waals surface area contributed by atoms with Crippen LogP contribution in [0.15, 0.2) is 42.5 Å². The maximum absolute atomic E-state index is 12.2. The smallest absolute Gasteiger partial charge is 0.253 e. The molecule has 0 unspecified atom stereocenters. The summed E-state index contributed by atoms with van der Waals surface area (Å²) in [5.74, 6) is -1.26. The summed E-state index contributed by atoms with van der Waals surface area (Å²) in [6.07, 6.45) is 0. The van der Waals surface area contributed by atoms with Crippen LogP contribution in [0, 0.1) is 13.8 Å². The number of carbonyl (C=O) groups is 3. The van der Waals surface area contributed by atoms with Crippen molar-refractivity contribution in [1.29, 1.82) is 0 Å². The van der Waals surface area contributed by atoms with Gasteiger partial charge in [0.1, 0.15) is 6.04 Å². The SMILES string of the molecule is Cc1cccc(C)c1NC(=O)CNC(=O)[C@H](C)NC(=O)c1ccccc1Cl. The third-order valence-corrected chi connectivity index (χ3v) is 4.36. The zero-order chi connectivity index (χ0) is 20.0. The Hall–Kier alpha value is -2.86. The molecule has 2 rings (SSSR count). The number of rotatable bonds is 6. The van der Waals surface area contributed by atoms with Crippen LogP contribution in [0.3, 0.4) is 0 Å². The van der Waals surface area contributed by atoms with Gasteiger partial charge < -0.3 is 16.0 Å². The number of para-hydroxylation sites is 1. The summed E-state index contributed by atoms with van der Waals surface area (Å²) < 4.78 is 0. The van der Waals surface area contributed by atoms with Crippen LogP contribution in [-0.2, 0) is 9.59 Å². The molecule has 0 saturated carbocycles. The van der Waals surface area contributed by atoms with Gasteiger partial charge in [-0.15, -0.1) is 0 Å². The summed E-state index contributed by atoms with van der Waals surface area (Å²) in [5.41, 5.74) is 2.90. The van der Waals surface area contributed by atoms with E-state index in [1.54, 1.807) is 24.3 Å². The third-order valence-electron chi connectivity index (χ3n) is 4.03. The summed E-state index contributed by atoms with van der Waals surface area (Å²) in [6, 6.07) is 11.4. The van der Waals surface area contributed by atoms with Gasteiger partial charge in [0, 0.05) is 5.69 Å². The monoisotopic (exact) mass is 387 g/mol. The molecular weight excluding hydrogens is 366 g/mol. The van der Waals surface area contributed by atoms with Gasteiger partial charge in [0.15, 0.2) is 0 Å². The minimum atomic E-state index is -0.818. The Morgan fingerprint density at radius 1 is 1.00 bits per heavy atom. The molecule has 6 nitrogen and oxygen atoms in total. The summed E-state index contributed by atoms with van der Waals surface area (Å²) >= 11 is 5.97. The summed E-state index contributed by atoms with van der Waals surface area (Å²) in [7, 11) is 0. The Kier molecular flexibility index (Phi) is 6.96. The first-order valence-corrected chi connectivity index (χ1v) is 8.86. The van der Waals surface area contributed by atoms with Gasteiger partial charge in [-0.2, -0.15) is 0 Å². The second kappa shape index (κ2) is 9.19. The minimum absolute atomic E-state index is 0.196. The molecular formula is C20H22ClN3O3. The maximum Gasteiger partial charge on any atom is 0.253 e. The van der Waals surface area contributed by atoms with E-state index in [1.807, 2.05) is 32.0 Å². The zero-order valence-corrected chi connectivity index (χ0v) is 16.2. The highest BCUT2D eigenvalue weighted by Crippen LogP contribution is 2.19. The predicted molar refractivity (Wildman–Crippen MR) is 106 cm³/mol. The fourth-order valence-electron chi connectivity index (χ4n) is 2.50. The summed E-state index contributed by atoms with van der Waals surface area (Å²) in [5, 5.41) is 8.17. The van der Waals surface area contributed by atoms with Crippen molar-refractivity contribution in [2.24, 2.45) is 0 Å². The van der Waals surface area contributed by atoms with Crippen molar-refractivity contribution >= 4 is 35.0 Å². The second-order valence-electron chi connectivity index (χ2n) is 6.21. The van der Waals surface area contributed by atoms with Gasteiger partial charge in [-0.1, -0.05) is 41.9 Å². The molecule has 1 atom stereocenters. The predicted octanol–water partition coefficient (Wildman–Crippen LogP) is 2.83. The Morgan fingerprint density at radius 2 is 1.63 bits per heavy atom. The molecule has 2 aromatic rings. The molecule has 27 heavy (non-hydrogen) atoms. The fourth-order valence-corrected chi connectivity index (χ4v) is 2.72. The van der Waals surface area contributed by atoms with Crippen LogP contribution < -0.4 is 16.0 Å². The lowest BCUT2D eigenvalue weighted by atomic mass is 10.1. The molecule has 0 bridgehead atoms. The van der Waals surface area contributed by atoms with Gasteiger partial charge in [-0.05, 0) is 44.0 Å². The van der Waals surface area contributed by atoms with E-state index in [0.717, 1.165) is 16.8 Å². The molecule has 0 saturated heterocycles. The van der Waals surface area contributed by atoms with Crippen molar-refractivity contribution in [2.75, 3.05) is 11.9 Å². The van der Waals surface area contributed by atoms with E-state index in [0.29, 0.717) is 5.02 Å². The molecule has 0 radical (unpaired) electrons. The molecule has 0 aliphatic heterocycles.